The van der Waals surface area contributed by atoms with Crippen molar-refractivity contribution in [3.05, 3.63) is 11.1 Å². The van der Waals surface area contributed by atoms with Crippen molar-refractivity contribution in [3.8, 4) is 0 Å². The average molecular weight is 213 g/mol. The molecular formula is C9H15N3OS. The number of amides is 1. The monoisotopic (exact) mass is 213 g/mol. The van der Waals surface area contributed by atoms with Crippen molar-refractivity contribution < 1.29 is 4.79 Å². The molecule has 0 aliphatic carbocycles. The Kier molecular flexibility index (Phi) is 3.23. The van der Waals surface area contributed by atoms with Gasteiger partial charge in [0.05, 0.1) is 5.54 Å². The maximum Gasteiger partial charge on any atom is 0.245 e. The number of anilines is 1. The van der Waals surface area contributed by atoms with Gasteiger partial charge in [-0.25, -0.2) is 4.98 Å². The lowest BCUT2D eigenvalue weighted by Gasteiger charge is -2.21. The lowest BCUT2D eigenvalue weighted by molar-refractivity contribution is -0.121. The minimum atomic E-state index is -0.570. The first kappa shape index (κ1) is 11.1. The average Bonchev–Trinajstić information content (AvgIpc) is 2.51. The molecule has 0 saturated heterocycles. The highest BCUT2D eigenvalue weighted by Crippen LogP contribution is 2.17. The fourth-order valence-electron chi connectivity index (χ4n) is 0.779. The molecule has 1 rings (SSSR count). The first-order valence-electron chi connectivity index (χ1n) is 4.38. The van der Waals surface area contributed by atoms with E-state index in [0.717, 1.165) is 4.88 Å². The van der Waals surface area contributed by atoms with Crippen LogP contribution in [0, 0.1) is 6.92 Å². The van der Waals surface area contributed by atoms with Crippen LogP contribution in [0.1, 0.15) is 18.7 Å². The summed E-state index contributed by atoms with van der Waals surface area (Å²) in [6, 6.07) is 0. The lowest BCUT2D eigenvalue weighted by Crippen LogP contribution is -2.47. The zero-order valence-corrected chi connectivity index (χ0v) is 9.66. The molecule has 1 heterocycles. The van der Waals surface area contributed by atoms with Crippen molar-refractivity contribution in [2.45, 2.75) is 26.3 Å². The van der Waals surface area contributed by atoms with Crippen molar-refractivity contribution in [1.82, 2.24) is 10.3 Å². The number of aromatic nitrogens is 1. The van der Waals surface area contributed by atoms with E-state index in [1.165, 1.54) is 11.3 Å². The third-order valence-electron chi connectivity index (χ3n) is 2.03. The van der Waals surface area contributed by atoms with Crippen molar-refractivity contribution in [2.24, 2.45) is 0 Å². The molecule has 0 aromatic carbocycles. The molecule has 0 aliphatic rings. The van der Waals surface area contributed by atoms with E-state index in [1.807, 2.05) is 20.8 Å². The Labute approximate surface area is 87.7 Å². The van der Waals surface area contributed by atoms with Crippen LogP contribution in [0.3, 0.4) is 0 Å². The van der Waals surface area contributed by atoms with Crippen LogP contribution in [0.2, 0.25) is 0 Å². The summed E-state index contributed by atoms with van der Waals surface area (Å²) in [5, 5.41) is 6.34. The Morgan fingerprint density at radius 2 is 2.21 bits per heavy atom. The van der Waals surface area contributed by atoms with Crippen molar-refractivity contribution in [2.75, 3.05) is 12.4 Å². The molecule has 1 aromatic heterocycles. The van der Waals surface area contributed by atoms with Gasteiger partial charge < -0.3 is 10.6 Å². The van der Waals surface area contributed by atoms with Gasteiger partial charge in [0.25, 0.3) is 0 Å². The number of hydrogen-bond acceptors (Lipinski definition) is 4. The smallest absolute Gasteiger partial charge is 0.245 e. The highest BCUT2D eigenvalue weighted by atomic mass is 32.1. The van der Waals surface area contributed by atoms with Gasteiger partial charge in [-0.15, -0.1) is 11.3 Å². The molecule has 0 spiro atoms. The second-order valence-corrected chi connectivity index (χ2v) is 4.84. The van der Waals surface area contributed by atoms with Gasteiger partial charge in [-0.2, -0.15) is 0 Å². The molecular weight excluding hydrogens is 198 g/mol. The van der Waals surface area contributed by atoms with Crippen LogP contribution in [0.25, 0.3) is 0 Å². The molecule has 78 valence electrons. The van der Waals surface area contributed by atoms with Crippen LogP contribution >= 0.6 is 11.3 Å². The van der Waals surface area contributed by atoms with E-state index in [9.17, 15) is 4.79 Å². The van der Waals surface area contributed by atoms with E-state index in [0.29, 0.717) is 5.13 Å². The summed E-state index contributed by atoms with van der Waals surface area (Å²) in [7, 11) is 1.76. The van der Waals surface area contributed by atoms with Gasteiger partial charge in [0.2, 0.25) is 5.91 Å². The number of carbonyl (C=O) groups is 1. The van der Waals surface area contributed by atoms with E-state index < -0.39 is 5.54 Å². The molecule has 0 saturated carbocycles. The maximum absolute atomic E-state index is 11.7. The van der Waals surface area contributed by atoms with E-state index in [-0.39, 0.29) is 5.91 Å². The molecule has 0 unspecified atom stereocenters. The number of aryl methyl sites for hydroxylation is 1. The Morgan fingerprint density at radius 3 is 2.64 bits per heavy atom. The third kappa shape index (κ3) is 2.52. The second kappa shape index (κ2) is 4.06. The van der Waals surface area contributed by atoms with Crippen LogP contribution in [0.15, 0.2) is 6.20 Å². The molecule has 0 atom stereocenters. The maximum atomic E-state index is 11.7. The quantitative estimate of drug-likeness (QED) is 0.797. The third-order valence-corrected chi connectivity index (χ3v) is 2.86. The summed E-state index contributed by atoms with van der Waals surface area (Å²) in [4.78, 5) is 16.8. The minimum absolute atomic E-state index is 0.0747. The number of hydrogen-bond donors (Lipinski definition) is 2. The van der Waals surface area contributed by atoms with Gasteiger partial charge >= 0.3 is 0 Å². The predicted octanol–water partition coefficient (Wildman–Crippen LogP) is 1.39. The number of likely N-dealkylation sites (N-methyl/N-ethyl adjacent to an activating group) is 1. The number of carbonyl (C=O) groups excluding carboxylic acids is 1. The summed E-state index contributed by atoms with van der Waals surface area (Å²) >= 11 is 1.47. The highest BCUT2D eigenvalue weighted by Gasteiger charge is 2.25. The Morgan fingerprint density at radius 1 is 1.57 bits per heavy atom. The number of rotatable bonds is 3. The molecule has 2 N–H and O–H groups in total. The van der Waals surface area contributed by atoms with Gasteiger partial charge in [0.1, 0.15) is 0 Å². The minimum Gasteiger partial charge on any atom is -0.307 e. The second-order valence-electron chi connectivity index (χ2n) is 3.61. The first-order valence-corrected chi connectivity index (χ1v) is 5.20. The van der Waals surface area contributed by atoms with Gasteiger partial charge in [-0.05, 0) is 27.8 Å². The molecule has 14 heavy (non-hydrogen) atoms. The van der Waals surface area contributed by atoms with Crippen molar-refractivity contribution >= 4 is 22.4 Å². The van der Waals surface area contributed by atoms with Gasteiger partial charge in [0, 0.05) is 11.1 Å². The molecule has 0 fully saturated rings. The van der Waals surface area contributed by atoms with Crippen LogP contribution < -0.4 is 10.6 Å². The topological polar surface area (TPSA) is 54.0 Å². The predicted molar refractivity (Wildman–Crippen MR) is 58.6 cm³/mol. The number of nitrogens with zero attached hydrogens (tertiary/aromatic N) is 1. The van der Waals surface area contributed by atoms with Crippen LogP contribution in [-0.4, -0.2) is 23.5 Å². The Hall–Kier alpha value is -0.940. The van der Waals surface area contributed by atoms with Crippen LogP contribution in [0.5, 0.6) is 0 Å². The molecule has 0 aliphatic heterocycles. The number of thiazole rings is 1. The molecule has 1 aromatic rings. The zero-order chi connectivity index (χ0) is 10.8. The largest absolute Gasteiger partial charge is 0.307 e. The van der Waals surface area contributed by atoms with Gasteiger partial charge in [0.15, 0.2) is 5.13 Å². The molecule has 0 radical (unpaired) electrons. The summed E-state index contributed by atoms with van der Waals surface area (Å²) in [5.41, 5.74) is -0.570. The van der Waals surface area contributed by atoms with Gasteiger partial charge in [-0.3, -0.25) is 4.79 Å². The highest BCUT2D eigenvalue weighted by molar-refractivity contribution is 7.15. The molecule has 0 bridgehead atoms. The standard InChI is InChI=1S/C9H15N3OS/c1-6-5-11-8(14-6)12-7(13)9(2,3)10-4/h5,10H,1-4H3,(H,11,12,13). The fourth-order valence-corrected chi connectivity index (χ4v) is 1.44. The van der Waals surface area contributed by atoms with E-state index in [1.54, 1.807) is 13.2 Å². The summed E-state index contributed by atoms with van der Waals surface area (Å²) in [5.74, 6) is -0.0747. The summed E-state index contributed by atoms with van der Waals surface area (Å²) < 4.78 is 0. The molecule has 5 heteroatoms. The Bertz CT molecular complexity index is 333. The van der Waals surface area contributed by atoms with Crippen molar-refractivity contribution in [3.63, 3.8) is 0 Å². The van der Waals surface area contributed by atoms with Crippen LogP contribution in [0.4, 0.5) is 5.13 Å². The normalized spacial score (nSPS) is 11.4. The van der Waals surface area contributed by atoms with E-state index in [4.69, 9.17) is 0 Å². The van der Waals surface area contributed by atoms with Gasteiger partial charge in [-0.1, -0.05) is 0 Å². The van der Waals surface area contributed by atoms with E-state index in [2.05, 4.69) is 15.6 Å². The first-order chi connectivity index (χ1) is 6.45. The summed E-state index contributed by atoms with van der Waals surface area (Å²) in [6.45, 7) is 5.60. The SMILES string of the molecule is CNC(C)(C)C(=O)Nc1ncc(C)s1. The van der Waals surface area contributed by atoms with E-state index >= 15 is 0 Å². The Balaban J connectivity index is 2.66. The van der Waals surface area contributed by atoms with Crippen LogP contribution in [-0.2, 0) is 4.79 Å². The molecule has 4 nitrogen and oxygen atoms in total. The number of nitrogens with one attached hydrogen (secondary N) is 2. The van der Waals surface area contributed by atoms with Crippen molar-refractivity contribution in [1.29, 1.82) is 0 Å². The molecule has 1 amide bonds. The fraction of sp³-hybridized carbons (Fsp3) is 0.556. The summed E-state index contributed by atoms with van der Waals surface area (Å²) in [6.07, 6.45) is 1.74. The lowest BCUT2D eigenvalue weighted by atomic mass is 10.1. The zero-order valence-electron chi connectivity index (χ0n) is 8.84.